The van der Waals surface area contributed by atoms with E-state index in [-0.39, 0.29) is 5.60 Å². The summed E-state index contributed by atoms with van der Waals surface area (Å²) in [6.07, 6.45) is 5.34. The molecule has 3 heteroatoms. The minimum atomic E-state index is -0.516. The average molecular weight is 230 g/mol. The first-order chi connectivity index (χ1) is 7.64. The highest BCUT2D eigenvalue weighted by atomic mass is 16.7. The molecule has 0 amide bonds. The summed E-state index contributed by atoms with van der Waals surface area (Å²) in [7, 11) is 0. The van der Waals surface area contributed by atoms with Crippen LogP contribution in [0.15, 0.2) is 0 Å². The van der Waals surface area contributed by atoms with Gasteiger partial charge in [0, 0.05) is 0 Å². The van der Waals surface area contributed by atoms with Crippen LogP contribution in [0.1, 0.15) is 66.2 Å². The van der Waals surface area contributed by atoms with Crippen LogP contribution in [-0.4, -0.2) is 18.4 Å². The van der Waals surface area contributed by atoms with Crippen LogP contribution in [0.5, 0.6) is 0 Å². The van der Waals surface area contributed by atoms with Gasteiger partial charge in [0.2, 0.25) is 0 Å². The van der Waals surface area contributed by atoms with E-state index in [1.165, 1.54) is 0 Å². The molecule has 0 spiro atoms. The van der Waals surface area contributed by atoms with Crippen LogP contribution in [0.4, 0.5) is 4.79 Å². The van der Waals surface area contributed by atoms with E-state index in [4.69, 9.17) is 9.47 Å². The quantitative estimate of drug-likeness (QED) is 0.583. The number of hydrogen-bond acceptors (Lipinski definition) is 3. The van der Waals surface area contributed by atoms with Crippen molar-refractivity contribution in [1.29, 1.82) is 0 Å². The van der Waals surface area contributed by atoms with E-state index in [9.17, 15) is 4.79 Å². The zero-order valence-electron chi connectivity index (χ0n) is 11.2. The van der Waals surface area contributed by atoms with Crippen molar-refractivity contribution >= 4 is 6.16 Å². The van der Waals surface area contributed by atoms with E-state index in [1.807, 2.05) is 0 Å². The molecule has 16 heavy (non-hydrogen) atoms. The standard InChI is InChI=1S/C13H26O3/c1-5-9-13(10-6-2,11-7-3)16-12(14)15-8-4/h5-11H2,1-4H3. The predicted molar refractivity (Wildman–Crippen MR) is 65.6 cm³/mol. The number of ether oxygens (including phenoxy) is 2. The minimum Gasteiger partial charge on any atom is -0.435 e. The third-order valence-corrected chi connectivity index (χ3v) is 2.68. The van der Waals surface area contributed by atoms with Gasteiger partial charge in [0.1, 0.15) is 5.60 Å². The van der Waals surface area contributed by atoms with Crippen molar-refractivity contribution in [3.05, 3.63) is 0 Å². The van der Waals surface area contributed by atoms with Crippen LogP contribution >= 0.6 is 0 Å². The zero-order chi connectivity index (χ0) is 12.4. The van der Waals surface area contributed by atoms with Gasteiger partial charge in [-0.15, -0.1) is 0 Å². The van der Waals surface area contributed by atoms with Crippen LogP contribution in [-0.2, 0) is 9.47 Å². The molecule has 0 aliphatic heterocycles. The molecular formula is C13H26O3. The summed E-state index contributed by atoms with van der Waals surface area (Å²) in [6, 6.07) is 0. The second kappa shape index (κ2) is 8.43. The molecule has 0 unspecified atom stereocenters. The van der Waals surface area contributed by atoms with Crippen LogP contribution in [0.3, 0.4) is 0 Å². The second-order valence-corrected chi connectivity index (χ2v) is 4.22. The molecule has 0 aromatic rings. The lowest BCUT2D eigenvalue weighted by Gasteiger charge is -2.32. The molecule has 0 atom stereocenters. The normalized spacial score (nSPS) is 11.2. The topological polar surface area (TPSA) is 35.5 Å². The Labute approximate surface area is 99.5 Å². The molecule has 0 N–H and O–H groups in total. The average Bonchev–Trinajstić information content (AvgIpc) is 2.18. The van der Waals surface area contributed by atoms with E-state index in [0.717, 1.165) is 38.5 Å². The molecule has 0 aliphatic rings. The summed E-state index contributed by atoms with van der Waals surface area (Å²) in [6.45, 7) is 8.53. The third-order valence-electron chi connectivity index (χ3n) is 2.68. The first-order valence-electron chi connectivity index (χ1n) is 6.49. The molecule has 0 rings (SSSR count). The Morgan fingerprint density at radius 1 is 0.938 bits per heavy atom. The van der Waals surface area contributed by atoms with Crippen LogP contribution < -0.4 is 0 Å². The predicted octanol–water partition coefficient (Wildman–Crippen LogP) is 4.30. The van der Waals surface area contributed by atoms with Gasteiger partial charge in [-0.1, -0.05) is 40.0 Å². The van der Waals surface area contributed by atoms with Gasteiger partial charge in [0.25, 0.3) is 0 Å². The molecule has 96 valence electrons. The van der Waals surface area contributed by atoms with Gasteiger partial charge in [0.05, 0.1) is 6.61 Å². The molecule has 3 nitrogen and oxygen atoms in total. The second-order valence-electron chi connectivity index (χ2n) is 4.22. The summed E-state index contributed by atoms with van der Waals surface area (Å²) in [4.78, 5) is 11.4. The van der Waals surface area contributed by atoms with Gasteiger partial charge in [0.15, 0.2) is 0 Å². The Hall–Kier alpha value is -0.730. The van der Waals surface area contributed by atoms with Gasteiger partial charge in [-0.25, -0.2) is 4.79 Å². The van der Waals surface area contributed by atoms with Crippen LogP contribution in [0.25, 0.3) is 0 Å². The maximum absolute atomic E-state index is 11.4. The maximum atomic E-state index is 11.4. The Bertz CT molecular complexity index is 173. The molecule has 0 aromatic heterocycles. The molecule has 0 bridgehead atoms. The molecule has 0 aromatic carbocycles. The van der Waals surface area contributed by atoms with Crippen molar-refractivity contribution in [2.45, 2.75) is 71.8 Å². The van der Waals surface area contributed by atoms with Gasteiger partial charge in [-0.3, -0.25) is 0 Å². The fourth-order valence-corrected chi connectivity index (χ4v) is 2.22. The van der Waals surface area contributed by atoms with E-state index in [2.05, 4.69) is 20.8 Å². The minimum absolute atomic E-state index is 0.301. The molecule has 0 heterocycles. The summed E-state index contributed by atoms with van der Waals surface area (Å²) in [5, 5.41) is 0. The van der Waals surface area contributed by atoms with Crippen molar-refractivity contribution in [2.75, 3.05) is 6.61 Å². The van der Waals surface area contributed by atoms with Crippen molar-refractivity contribution in [2.24, 2.45) is 0 Å². The van der Waals surface area contributed by atoms with E-state index >= 15 is 0 Å². The number of carbonyl (C=O) groups excluding carboxylic acids is 1. The van der Waals surface area contributed by atoms with Crippen LogP contribution in [0.2, 0.25) is 0 Å². The van der Waals surface area contributed by atoms with Gasteiger partial charge in [-0.05, 0) is 26.2 Å². The lowest BCUT2D eigenvalue weighted by molar-refractivity contribution is -0.0493. The Morgan fingerprint density at radius 3 is 1.69 bits per heavy atom. The molecule has 0 fully saturated rings. The highest BCUT2D eigenvalue weighted by molar-refractivity contribution is 5.60. The summed E-state index contributed by atoms with van der Waals surface area (Å²) < 4.78 is 10.4. The van der Waals surface area contributed by atoms with Crippen molar-refractivity contribution in [1.82, 2.24) is 0 Å². The summed E-state index contributed by atoms with van der Waals surface area (Å²) in [5.74, 6) is 0. The number of rotatable bonds is 8. The zero-order valence-corrected chi connectivity index (χ0v) is 11.2. The molecule has 0 aliphatic carbocycles. The SMILES string of the molecule is CCCC(CCC)(CCC)OC(=O)OCC. The summed E-state index contributed by atoms with van der Waals surface area (Å²) in [5.41, 5.74) is -0.301. The highest BCUT2D eigenvalue weighted by Crippen LogP contribution is 2.30. The number of hydrogen-bond donors (Lipinski definition) is 0. The fourth-order valence-electron chi connectivity index (χ4n) is 2.22. The molecule has 0 saturated carbocycles. The lowest BCUT2D eigenvalue weighted by Crippen LogP contribution is -2.35. The third kappa shape index (κ3) is 5.38. The molecule has 0 saturated heterocycles. The largest absolute Gasteiger partial charge is 0.508 e. The van der Waals surface area contributed by atoms with E-state index < -0.39 is 6.16 Å². The Kier molecular flexibility index (Phi) is 8.04. The Morgan fingerprint density at radius 2 is 1.38 bits per heavy atom. The van der Waals surface area contributed by atoms with Crippen molar-refractivity contribution < 1.29 is 14.3 Å². The molecule has 0 radical (unpaired) electrons. The van der Waals surface area contributed by atoms with Crippen molar-refractivity contribution in [3.8, 4) is 0 Å². The first kappa shape index (κ1) is 15.3. The van der Waals surface area contributed by atoms with E-state index in [0.29, 0.717) is 6.61 Å². The van der Waals surface area contributed by atoms with Gasteiger partial charge in [-0.2, -0.15) is 0 Å². The number of carbonyl (C=O) groups is 1. The van der Waals surface area contributed by atoms with E-state index in [1.54, 1.807) is 6.92 Å². The molecular weight excluding hydrogens is 204 g/mol. The van der Waals surface area contributed by atoms with Gasteiger partial charge < -0.3 is 9.47 Å². The summed E-state index contributed by atoms with van der Waals surface area (Å²) >= 11 is 0. The fraction of sp³-hybridized carbons (Fsp3) is 0.923. The lowest BCUT2D eigenvalue weighted by atomic mass is 9.88. The monoisotopic (exact) mass is 230 g/mol. The smallest absolute Gasteiger partial charge is 0.435 e. The van der Waals surface area contributed by atoms with Crippen LogP contribution in [0, 0.1) is 0 Å². The maximum Gasteiger partial charge on any atom is 0.508 e. The highest BCUT2D eigenvalue weighted by Gasteiger charge is 2.32. The van der Waals surface area contributed by atoms with Crippen molar-refractivity contribution in [3.63, 3.8) is 0 Å². The first-order valence-corrected chi connectivity index (χ1v) is 6.49. The Balaban J connectivity index is 4.51. The van der Waals surface area contributed by atoms with Gasteiger partial charge >= 0.3 is 6.16 Å².